The van der Waals surface area contributed by atoms with Crippen LogP contribution in [-0.4, -0.2) is 25.2 Å². The number of nitrogen functional groups attached to an aromatic ring is 1. The van der Waals surface area contributed by atoms with E-state index in [1.54, 1.807) is 0 Å². The third-order valence-electron chi connectivity index (χ3n) is 3.37. The van der Waals surface area contributed by atoms with E-state index in [-0.39, 0.29) is 11.7 Å². The van der Waals surface area contributed by atoms with Gasteiger partial charge in [-0.05, 0) is 37.8 Å². The van der Waals surface area contributed by atoms with Crippen molar-refractivity contribution in [2.24, 2.45) is 0 Å². The van der Waals surface area contributed by atoms with Crippen LogP contribution in [0.4, 0.5) is 14.5 Å². The predicted molar refractivity (Wildman–Crippen MR) is 71.3 cm³/mol. The summed E-state index contributed by atoms with van der Waals surface area (Å²) in [6.45, 7) is 1.17. The van der Waals surface area contributed by atoms with Crippen molar-refractivity contribution in [2.75, 3.05) is 18.9 Å². The maximum atomic E-state index is 13.2. The fourth-order valence-electron chi connectivity index (χ4n) is 2.20. The molecule has 0 aromatic heterocycles. The average molecular weight is 284 g/mol. The lowest BCUT2D eigenvalue weighted by molar-refractivity contribution is 0.0117. The summed E-state index contributed by atoms with van der Waals surface area (Å²) in [6.07, 6.45) is 4.05. The Labute approximate surface area is 116 Å². The van der Waals surface area contributed by atoms with Crippen molar-refractivity contribution in [1.29, 1.82) is 0 Å². The smallest absolute Gasteiger partial charge is 0.251 e. The van der Waals surface area contributed by atoms with Gasteiger partial charge in [0.25, 0.3) is 5.91 Å². The molecule has 1 aliphatic heterocycles. The zero-order valence-corrected chi connectivity index (χ0v) is 11.1. The fourth-order valence-corrected chi connectivity index (χ4v) is 2.20. The average Bonchev–Trinajstić information content (AvgIpc) is 2.45. The van der Waals surface area contributed by atoms with E-state index >= 15 is 0 Å². The molecule has 0 aliphatic carbocycles. The molecular formula is C14H18F2N2O2. The van der Waals surface area contributed by atoms with Gasteiger partial charge in [-0.3, -0.25) is 4.79 Å². The van der Waals surface area contributed by atoms with E-state index in [0.717, 1.165) is 38.0 Å². The predicted octanol–water partition coefficient (Wildman–Crippen LogP) is 2.24. The number of hydrogen-bond donors (Lipinski definition) is 2. The second-order valence-corrected chi connectivity index (χ2v) is 4.89. The first-order valence-electron chi connectivity index (χ1n) is 6.72. The van der Waals surface area contributed by atoms with Crippen molar-refractivity contribution in [3.05, 3.63) is 29.3 Å². The minimum atomic E-state index is -0.925. The number of amides is 1. The SMILES string of the molecule is Nc1c(F)cc(C(=O)NCCC2CCCCO2)cc1F. The van der Waals surface area contributed by atoms with Crippen LogP contribution in [0.2, 0.25) is 0 Å². The van der Waals surface area contributed by atoms with Gasteiger partial charge in [-0.25, -0.2) is 8.78 Å². The molecule has 0 radical (unpaired) electrons. The van der Waals surface area contributed by atoms with Gasteiger partial charge in [-0.2, -0.15) is 0 Å². The van der Waals surface area contributed by atoms with Crippen LogP contribution in [-0.2, 0) is 4.74 Å². The number of rotatable bonds is 4. The van der Waals surface area contributed by atoms with Gasteiger partial charge in [0.05, 0.1) is 6.10 Å². The first-order valence-corrected chi connectivity index (χ1v) is 6.72. The highest BCUT2D eigenvalue weighted by Gasteiger charge is 2.15. The Morgan fingerprint density at radius 3 is 2.65 bits per heavy atom. The lowest BCUT2D eigenvalue weighted by atomic mass is 10.1. The highest BCUT2D eigenvalue weighted by Crippen LogP contribution is 2.17. The van der Waals surface area contributed by atoms with Gasteiger partial charge in [-0.1, -0.05) is 0 Å². The first kappa shape index (κ1) is 14.7. The van der Waals surface area contributed by atoms with E-state index < -0.39 is 23.2 Å². The van der Waals surface area contributed by atoms with Crippen LogP contribution in [0.1, 0.15) is 36.0 Å². The molecule has 1 heterocycles. The summed E-state index contributed by atoms with van der Waals surface area (Å²) in [4.78, 5) is 11.8. The van der Waals surface area contributed by atoms with Crippen molar-refractivity contribution in [1.82, 2.24) is 5.32 Å². The van der Waals surface area contributed by atoms with Crippen LogP contribution in [0.15, 0.2) is 12.1 Å². The molecule has 1 atom stereocenters. The molecule has 0 spiro atoms. The molecule has 110 valence electrons. The first-order chi connectivity index (χ1) is 9.58. The Morgan fingerprint density at radius 2 is 2.05 bits per heavy atom. The third-order valence-corrected chi connectivity index (χ3v) is 3.37. The zero-order chi connectivity index (χ0) is 14.5. The highest BCUT2D eigenvalue weighted by atomic mass is 19.1. The summed E-state index contributed by atoms with van der Waals surface area (Å²) in [5.74, 6) is -2.37. The molecule has 1 saturated heterocycles. The monoisotopic (exact) mass is 284 g/mol. The Kier molecular flexibility index (Phi) is 4.89. The molecule has 4 nitrogen and oxygen atoms in total. The van der Waals surface area contributed by atoms with Crippen molar-refractivity contribution in [3.8, 4) is 0 Å². The number of ether oxygens (including phenoxy) is 1. The van der Waals surface area contributed by atoms with Gasteiger partial charge < -0.3 is 15.8 Å². The molecule has 0 saturated carbocycles. The summed E-state index contributed by atoms with van der Waals surface area (Å²) in [7, 11) is 0. The number of hydrogen-bond acceptors (Lipinski definition) is 3. The van der Waals surface area contributed by atoms with Gasteiger partial charge in [0.2, 0.25) is 0 Å². The van der Waals surface area contributed by atoms with E-state index in [2.05, 4.69) is 5.32 Å². The quantitative estimate of drug-likeness (QED) is 0.833. The Hall–Kier alpha value is -1.69. The number of carbonyl (C=O) groups excluding carboxylic acids is 1. The molecule has 3 N–H and O–H groups in total. The molecule has 1 aromatic rings. The van der Waals surface area contributed by atoms with Gasteiger partial charge in [0.1, 0.15) is 17.3 Å². The second kappa shape index (κ2) is 6.65. The molecule has 1 amide bonds. The number of benzene rings is 1. The topological polar surface area (TPSA) is 64.4 Å². The Morgan fingerprint density at radius 1 is 1.35 bits per heavy atom. The van der Waals surface area contributed by atoms with E-state index in [4.69, 9.17) is 10.5 Å². The molecule has 1 aromatic carbocycles. The summed E-state index contributed by atoms with van der Waals surface area (Å²) >= 11 is 0. The lowest BCUT2D eigenvalue weighted by Crippen LogP contribution is -2.29. The summed E-state index contributed by atoms with van der Waals surface area (Å²) in [5.41, 5.74) is 4.51. The van der Waals surface area contributed by atoms with Crippen molar-refractivity contribution in [2.45, 2.75) is 31.8 Å². The lowest BCUT2D eigenvalue weighted by Gasteiger charge is -2.22. The van der Waals surface area contributed by atoms with Gasteiger partial charge in [0.15, 0.2) is 0 Å². The van der Waals surface area contributed by atoms with Crippen molar-refractivity contribution in [3.63, 3.8) is 0 Å². The summed E-state index contributed by atoms with van der Waals surface area (Å²) in [5, 5.41) is 2.63. The van der Waals surface area contributed by atoms with Crippen LogP contribution in [0.5, 0.6) is 0 Å². The van der Waals surface area contributed by atoms with E-state index in [9.17, 15) is 13.6 Å². The molecular weight excluding hydrogens is 266 g/mol. The van der Waals surface area contributed by atoms with Crippen LogP contribution in [0.3, 0.4) is 0 Å². The largest absolute Gasteiger partial charge is 0.394 e. The van der Waals surface area contributed by atoms with Gasteiger partial charge >= 0.3 is 0 Å². The molecule has 1 unspecified atom stereocenters. The molecule has 1 aliphatic rings. The third kappa shape index (κ3) is 3.66. The molecule has 0 bridgehead atoms. The minimum absolute atomic E-state index is 0.0706. The number of nitrogens with one attached hydrogen (secondary N) is 1. The minimum Gasteiger partial charge on any atom is -0.394 e. The van der Waals surface area contributed by atoms with Crippen LogP contribution >= 0.6 is 0 Å². The van der Waals surface area contributed by atoms with Gasteiger partial charge in [0, 0.05) is 18.7 Å². The van der Waals surface area contributed by atoms with E-state index in [0.29, 0.717) is 13.0 Å². The van der Waals surface area contributed by atoms with E-state index in [1.807, 2.05) is 0 Å². The summed E-state index contributed by atoms with van der Waals surface area (Å²) < 4.78 is 32.0. The van der Waals surface area contributed by atoms with Crippen LogP contribution in [0.25, 0.3) is 0 Å². The van der Waals surface area contributed by atoms with Crippen LogP contribution in [0, 0.1) is 11.6 Å². The number of carbonyl (C=O) groups is 1. The maximum absolute atomic E-state index is 13.2. The summed E-state index contributed by atoms with van der Waals surface area (Å²) in [6, 6.07) is 1.87. The van der Waals surface area contributed by atoms with Gasteiger partial charge in [-0.15, -0.1) is 0 Å². The van der Waals surface area contributed by atoms with Crippen molar-refractivity contribution < 1.29 is 18.3 Å². The zero-order valence-electron chi connectivity index (χ0n) is 11.1. The Balaban J connectivity index is 1.85. The standard InChI is InChI=1S/C14H18F2N2O2/c15-11-7-9(8-12(16)13(11)17)14(19)18-5-4-10-3-1-2-6-20-10/h7-8,10H,1-6,17H2,(H,18,19). The number of nitrogens with two attached hydrogens (primary N) is 1. The Bertz CT molecular complexity index is 465. The van der Waals surface area contributed by atoms with Crippen LogP contribution < -0.4 is 11.1 Å². The normalized spacial score (nSPS) is 18.8. The number of halogens is 2. The van der Waals surface area contributed by atoms with E-state index in [1.165, 1.54) is 0 Å². The molecule has 1 fully saturated rings. The number of anilines is 1. The molecule has 6 heteroatoms. The fraction of sp³-hybridized carbons (Fsp3) is 0.500. The maximum Gasteiger partial charge on any atom is 0.251 e. The molecule has 2 rings (SSSR count). The second-order valence-electron chi connectivity index (χ2n) is 4.89. The highest BCUT2D eigenvalue weighted by molar-refractivity contribution is 5.94. The van der Waals surface area contributed by atoms with Crippen molar-refractivity contribution >= 4 is 11.6 Å². The molecule has 20 heavy (non-hydrogen) atoms.